The third-order valence-electron chi connectivity index (χ3n) is 5.71. The Morgan fingerprint density at radius 3 is 2.61 bits per heavy atom. The lowest BCUT2D eigenvalue weighted by atomic mass is 9.88. The molecule has 0 saturated carbocycles. The first-order valence-electron chi connectivity index (χ1n) is 10.1. The Bertz CT molecular complexity index is 1100. The molecule has 3 aromatic rings. The fourth-order valence-corrected chi connectivity index (χ4v) is 4.41. The third kappa shape index (κ3) is 2.80. The SMILES string of the molecule is Cc1ccc2c(c1)Cc1cc(C)oc1N2C1=CC(C)CC=C1c1ccccc1. The summed E-state index contributed by atoms with van der Waals surface area (Å²) >= 11 is 0. The van der Waals surface area contributed by atoms with Crippen molar-refractivity contribution in [1.82, 2.24) is 0 Å². The second-order valence-electron chi connectivity index (χ2n) is 8.08. The van der Waals surface area contributed by atoms with Crippen molar-refractivity contribution in [2.45, 2.75) is 33.6 Å². The Morgan fingerprint density at radius 2 is 1.79 bits per heavy atom. The highest BCUT2D eigenvalue weighted by molar-refractivity contribution is 5.90. The van der Waals surface area contributed by atoms with E-state index in [0.717, 1.165) is 24.5 Å². The van der Waals surface area contributed by atoms with E-state index in [4.69, 9.17) is 4.42 Å². The van der Waals surface area contributed by atoms with E-state index in [0.29, 0.717) is 5.92 Å². The van der Waals surface area contributed by atoms with E-state index in [9.17, 15) is 0 Å². The van der Waals surface area contributed by atoms with Crippen LogP contribution in [0.3, 0.4) is 0 Å². The van der Waals surface area contributed by atoms with Gasteiger partial charge in [0.1, 0.15) is 5.76 Å². The van der Waals surface area contributed by atoms with Crippen LogP contribution in [0, 0.1) is 19.8 Å². The first-order valence-corrected chi connectivity index (χ1v) is 10.1. The fraction of sp³-hybridized carbons (Fsp3) is 0.231. The number of aryl methyl sites for hydroxylation is 2. The quantitative estimate of drug-likeness (QED) is 0.487. The van der Waals surface area contributed by atoms with Gasteiger partial charge in [0.05, 0.1) is 11.4 Å². The van der Waals surface area contributed by atoms with Gasteiger partial charge in [0.25, 0.3) is 0 Å². The van der Waals surface area contributed by atoms with Gasteiger partial charge in [-0.1, -0.05) is 67.1 Å². The second kappa shape index (κ2) is 6.56. The molecule has 2 aromatic carbocycles. The molecule has 1 atom stereocenters. The van der Waals surface area contributed by atoms with Gasteiger partial charge in [-0.05, 0) is 49.4 Å². The largest absolute Gasteiger partial charge is 0.445 e. The Kier molecular flexibility index (Phi) is 4.01. The molecule has 140 valence electrons. The van der Waals surface area contributed by atoms with Gasteiger partial charge in [-0.2, -0.15) is 0 Å². The van der Waals surface area contributed by atoms with Crippen LogP contribution in [0.25, 0.3) is 5.57 Å². The molecule has 2 aliphatic rings. The minimum Gasteiger partial charge on any atom is -0.445 e. The Morgan fingerprint density at radius 1 is 0.964 bits per heavy atom. The Labute approximate surface area is 166 Å². The molecule has 2 nitrogen and oxygen atoms in total. The van der Waals surface area contributed by atoms with Gasteiger partial charge in [-0.15, -0.1) is 0 Å². The van der Waals surface area contributed by atoms with E-state index in [-0.39, 0.29) is 0 Å². The average Bonchev–Trinajstić information content (AvgIpc) is 3.06. The minimum absolute atomic E-state index is 0.498. The van der Waals surface area contributed by atoms with Crippen LogP contribution in [0.15, 0.2) is 76.9 Å². The molecule has 5 rings (SSSR count). The number of hydrogen-bond donors (Lipinski definition) is 0. The van der Waals surface area contributed by atoms with Crippen LogP contribution in [-0.2, 0) is 6.42 Å². The number of allylic oxidation sites excluding steroid dienone is 3. The molecule has 1 aliphatic carbocycles. The topological polar surface area (TPSA) is 16.4 Å². The van der Waals surface area contributed by atoms with Crippen LogP contribution in [0.1, 0.15) is 41.4 Å². The highest BCUT2D eigenvalue weighted by Gasteiger charge is 2.31. The predicted molar refractivity (Wildman–Crippen MR) is 116 cm³/mol. The number of fused-ring (bicyclic) bond motifs is 2. The zero-order valence-electron chi connectivity index (χ0n) is 16.7. The van der Waals surface area contributed by atoms with Crippen molar-refractivity contribution in [3.63, 3.8) is 0 Å². The molecular weight excluding hydrogens is 342 g/mol. The van der Waals surface area contributed by atoms with Crippen molar-refractivity contribution in [2.24, 2.45) is 5.92 Å². The summed E-state index contributed by atoms with van der Waals surface area (Å²) in [6.45, 7) is 6.49. The first-order chi connectivity index (χ1) is 13.6. The van der Waals surface area contributed by atoms with Crippen molar-refractivity contribution < 1.29 is 4.42 Å². The number of nitrogens with zero attached hydrogens (tertiary/aromatic N) is 1. The maximum absolute atomic E-state index is 6.24. The molecule has 0 saturated heterocycles. The van der Waals surface area contributed by atoms with Crippen molar-refractivity contribution >= 4 is 17.1 Å². The lowest BCUT2D eigenvalue weighted by Gasteiger charge is -2.35. The second-order valence-corrected chi connectivity index (χ2v) is 8.08. The molecule has 0 spiro atoms. The van der Waals surface area contributed by atoms with Crippen molar-refractivity contribution in [2.75, 3.05) is 4.90 Å². The van der Waals surface area contributed by atoms with Crippen LogP contribution in [0.5, 0.6) is 0 Å². The molecule has 0 amide bonds. The zero-order valence-corrected chi connectivity index (χ0v) is 16.7. The average molecular weight is 367 g/mol. The van der Waals surface area contributed by atoms with E-state index in [2.05, 4.69) is 85.5 Å². The van der Waals surface area contributed by atoms with E-state index in [1.165, 1.54) is 39.2 Å². The van der Waals surface area contributed by atoms with Gasteiger partial charge >= 0.3 is 0 Å². The summed E-state index contributed by atoms with van der Waals surface area (Å²) in [6, 6.07) is 19.6. The van der Waals surface area contributed by atoms with Gasteiger partial charge in [0.2, 0.25) is 5.88 Å². The maximum atomic E-state index is 6.24. The minimum atomic E-state index is 0.498. The molecule has 0 N–H and O–H groups in total. The molecular formula is C26H25NO. The smallest absolute Gasteiger partial charge is 0.208 e. The summed E-state index contributed by atoms with van der Waals surface area (Å²) in [7, 11) is 0. The van der Waals surface area contributed by atoms with Crippen molar-refractivity contribution in [3.05, 3.63) is 100 Å². The molecule has 0 fully saturated rings. The molecule has 1 unspecified atom stereocenters. The van der Waals surface area contributed by atoms with Gasteiger partial charge < -0.3 is 4.42 Å². The van der Waals surface area contributed by atoms with Crippen LogP contribution in [-0.4, -0.2) is 0 Å². The first kappa shape index (κ1) is 17.1. The van der Waals surface area contributed by atoms with Crippen LogP contribution in [0.4, 0.5) is 11.6 Å². The molecule has 1 aromatic heterocycles. The fourth-order valence-electron chi connectivity index (χ4n) is 4.41. The third-order valence-corrected chi connectivity index (χ3v) is 5.71. The lowest BCUT2D eigenvalue weighted by molar-refractivity contribution is 0.535. The Hall–Kier alpha value is -3.00. The predicted octanol–water partition coefficient (Wildman–Crippen LogP) is 6.95. The van der Waals surface area contributed by atoms with Gasteiger partial charge in [-0.25, -0.2) is 0 Å². The Balaban J connectivity index is 1.72. The number of rotatable bonds is 2. The number of anilines is 2. The van der Waals surface area contributed by atoms with E-state index in [1.807, 2.05) is 6.92 Å². The summed E-state index contributed by atoms with van der Waals surface area (Å²) in [5.41, 5.74) is 8.92. The van der Waals surface area contributed by atoms with Crippen molar-refractivity contribution in [1.29, 1.82) is 0 Å². The summed E-state index contributed by atoms with van der Waals surface area (Å²) in [5, 5.41) is 0. The zero-order chi connectivity index (χ0) is 19.3. The van der Waals surface area contributed by atoms with Gasteiger partial charge in [0.15, 0.2) is 0 Å². The number of hydrogen-bond acceptors (Lipinski definition) is 2. The molecule has 0 bridgehead atoms. The van der Waals surface area contributed by atoms with Crippen LogP contribution >= 0.6 is 0 Å². The highest BCUT2D eigenvalue weighted by atomic mass is 16.4. The van der Waals surface area contributed by atoms with E-state index >= 15 is 0 Å². The maximum Gasteiger partial charge on any atom is 0.208 e. The molecule has 0 radical (unpaired) electrons. The summed E-state index contributed by atoms with van der Waals surface area (Å²) in [5.74, 6) is 2.43. The van der Waals surface area contributed by atoms with Gasteiger partial charge in [0, 0.05) is 17.6 Å². The van der Waals surface area contributed by atoms with Crippen LogP contribution < -0.4 is 4.90 Å². The van der Waals surface area contributed by atoms with Crippen molar-refractivity contribution in [3.8, 4) is 0 Å². The summed E-state index contributed by atoms with van der Waals surface area (Å²) in [4.78, 5) is 2.34. The normalized spacial score (nSPS) is 18.2. The molecule has 2 heteroatoms. The highest BCUT2D eigenvalue weighted by Crippen LogP contribution is 2.47. The van der Waals surface area contributed by atoms with E-state index in [1.54, 1.807) is 0 Å². The number of benzene rings is 2. The summed E-state index contributed by atoms with van der Waals surface area (Å²) < 4.78 is 6.24. The van der Waals surface area contributed by atoms with Crippen LogP contribution in [0.2, 0.25) is 0 Å². The van der Waals surface area contributed by atoms with E-state index < -0.39 is 0 Å². The number of furan rings is 1. The lowest BCUT2D eigenvalue weighted by Crippen LogP contribution is -2.24. The molecule has 2 heterocycles. The monoisotopic (exact) mass is 367 g/mol. The molecule has 28 heavy (non-hydrogen) atoms. The molecule has 1 aliphatic heterocycles. The standard InChI is InChI=1S/C26H25NO/c1-17-10-12-24-21(13-17)16-22-15-19(3)28-26(22)27(24)25-14-18(2)9-11-23(25)20-7-5-4-6-8-20/h4-8,10-15,18H,9,16H2,1-3H3. The van der Waals surface area contributed by atoms with Gasteiger partial charge in [-0.3, -0.25) is 4.90 Å². The summed E-state index contributed by atoms with van der Waals surface area (Å²) in [6.07, 6.45) is 6.77.